The molecule has 0 amide bonds. The number of nitrogens with zero attached hydrogens (tertiary/aromatic N) is 5. The Balaban J connectivity index is 1.48. The van der Waals surface area contributed by atoms with E-state index in [1.54, 1.807) is 42.2 Å². The van der Waals surface area contributed by atoms with Crippen molar-refractivity contribution in [1.82, 2.24) is 25.0 Å². The van der Waals surface area contributed by atoms with Gasteiger partial charge in [-0.25, -0.2) is 19.4 Å². The number of benzene rings is 1. The number of carbonyl (C=O) groups excluding carboxylic acids is 1. The Bertz CT molecular complexity index is 991. The minimum Gasteiger partial charge on any atom is -0.482 e. The number of anilines is 1. The van der Waals surface area contributed by atoms with Crippen LogP contribution in [0.4, 0.5) is 5.82 Å². The average Bonchev–Trinajstić information content (AvgIpc) is 3.11. The maximum atomic E-state index is 11.9. The lowest BCUT2D eigenvalue weighted by Crippen LogP contribution is -2.15. The first kappa shape index (κ1) is 19.6. The fourth-order valence-electron chi connectivity index (χ4n) is 2.34. The molecule has 1 aromatic carbocycles. The predicted molar refractivity (Wildman–Crippen MR) is 102 cm³/mol. The van der Waals surface area contributed by atoms with Crippen LogP contribution in [0.15, 0.2) is 30.6 Å². The van der Waals surface area contributed by atoms with Gasteiger partial charge < -0.3 is 15.2 Å². The summed E-state index contributed by atoms with van der Waals surface area (Å²) in [5, 5.41) is 8.59. The fourth-order valence-corrected chi connectivity index (χ4v) is 2.45. The summed E-state index contributed by atoms with van der Waals surface area (Å²) >= 11 is 5.95. The molecule has 2 heterocycles. The van der Waals surface area contributed by atoms with Crippen LogP contribution in [-0.2, 0) is 22.7 Å². The summed E-state index contributed by atoms with van der Waals surface area (Å²) in [5.74, 6) is 1.02. The van der Waals surface area contributed by atoms with E-state index in [-0.39, 0.29) is 13.2 Å². The molecule has 0 atom stereocenters. The molecule has 0 unspecified atom stereocenters. The Hall–Kier alpha value is -3.20. The lowest BCUT2D eigenvalue weighted by molar-refractivity contribution is -0.147. The predicted octanol–water partition coefficient (Wildman–Crippen LogP) is 2.09. The lowest BCUT2D eigenvalue weighted by atomic mass is 10.2. The van der Waals surface area contributed by atoms with Crippen LogP contribution in [0.5, 0.6) is 5.75 Å². The van der Waals surface area contributed by atoms with Gasteiger partial charge in [0.15, 0.2) is 6.61 Å². The van der Waals surface area contributed by atoms with Gasteiger partial charge in [0.25, 0.3) is 0 Å². The molecule has 3 rings (SSSR count). The number of nitrogen functional groups attached to an aromatic ring is 1. The van der Waals surface area contributed by atoms with E-state index in [9.17, 15) is 4.79 Å². The number of aryl methyl sites for hydroxylation is 2. The molecule has 0 bridgehead atoms. The summed E-state index contributed by atoms with van der Waals surface area (Å²) in [4.78, 5) is 20.1. The molecule has 146 valence electrons. The van der Waals surface area contributed by atoms with Crippen LogP contribution in [0.3, 0.4) is 0 Å². The first-order valence-electron chi connectivity index (χ1n) is 8.42. The van der Waals surface area contributed by atoms with Crippen LogP contribution in [0, 0.1) is 13.8 Å². The molecule has 0 saturated heterocycles. The quantitative estimate of drug-likeness (QED) is 0.597. The second kappa shape index (κ2) is 8.66. The van der Waals surface area contributed by atoms with E-state index in [1.165, 1.54) is 0 Å². The van der Waals surface area contributed by atoms with Crippen LogP contribution >= 0.6 is 11.6 Å². The molecule has 10 heteroatoms. The SMILES string of the molecule is Cc1ncc(Cn2cc(COC(=O)COc3ccc(Cl)c(C)c3)nn2)c(N)n1. The molecular formula is C18H19ClN6O3. The van der Waals surface area contributed by atoms with Crippen molar-refractivity contribution in [1.29, 1.82) is 0 Å². The minimum absolute atomic E-state index is 0.0122. The van der Waals surface area contributed by atoms with Gasteiger partial charge in [-0.2, -0.15) is 0 Å². The first-order chi connectivity index (χ1) is 13.4. The third kappa shape index (κ3) is 5.17. The van der Waals surface area contributed by atoms with Crippen molar-refractivity contribution >= 4 is 23.4 Å². The first-order valence-corrected chi connectivity index (χ1v) is 8.80. The highest BCUT2D eigenvalue weighted by Crippen LogP contribution is 2.21. The normalized spacial score (nSPS) is 10.7. The number of esters is 1. The van der Waals surface area contributed by atoms with Gasteiger partial charge in [0.2, 0.25) is 0 Å². The smallest absolute Gasteiger partial charge is 0.344 e. The summed E-state index contributed by atoms with van der Waals surface area (Å²) in [7, 11) is 0. The number of nitrogens with two attached hydrogens (primary N) is 1. The molecule has 9 nitrogen and oxygen atoms in total. The Morgan fingerprint density at radius 2 is 2.14 bits per heavy atom. The van der Waals surface area contributed by atoms with Crippen molar-refractivity contribution in [3.05, 3.63) is 58.3 Å². The summed E-state index contributed by atoms with van der Waals surface area (Å²) < 4.78 is 12.1. The fraction of sp³-hybridized carbons (Fsp3) is 0.278. The number of halogens is 1. The van der Waals surface area contributed by atoms with Gasteiger partial charge in [-0.1, -0.05) is 16.8 Å². The van der Waals surface area contributed by atoms with Gasteiger partial charge in [0.05, 0.1) is 12.7 Å². The maximum absolute atomic E-state index is 11.9. The Labute approximate surface area is 166 Å². The van der Waals surface area contributed by atoms with Gasteiger partial charge in [-0.05, 0) is 37.6 Å². The zero-order valence-electron chi connectivity index (χ0n) is 15.4. The molecule has 0 aliphatic carbocycles. The third-order valence-electron chi connectivity index (χ3n) is 3.80. The summed E-state index contributed by atoms with van der Waals surface area (Å²) in [6.07, 6.45) is 3.31. The highest BCUT2D eigenvalue weighted by atomic mass is 35.5. The Morgan fingerprint density at radius 1 is 1.32 bits per heavy atom. The molecule has 0 aliphatic rings. The molecule has 0 fully saturated rings. The number of aromatic nitrogens is 5. The van der Waals surface area contributed by atoms with Crippen LogP contribution in [0.1, 0.15) is 22.6 Å². The number of hydrogen-bond donors (Lipinski definition) is 1. The second-order valence-electron chi connectivity index (χ2n) is 6.10. The maximum Gasteiger partial charge on any atom is 0.344 e. The van der Waals surface area contributed by atoms with Gasteiger partial charge in [-0.15, -0.1) is 5.10 Å². The molecule has 0 spiro atoms. The monoisotopic (exact) mass is 402 g/mol. The highest BCUT2D eigenvalue weighted by molar-refractivity contribution is 6.31. The van der Waals surface area contributed by atoms with E-state index in [4.69, 9.17) is 26.8 Å². The molecule has 28 heavy (non-hydrogen) atoms. The van der Waals surface area contributed by atoms with E-state index in [0.29, 0.717) is 34.7 Å². The van der Waals surface area contributed by atoms with Crippen molar-refractivity contribution in [2.24, 2.45) is 0 Å². The summed E-state index contributed by atoms with van der Waals surface area (Å²) in [5.41, 5.74) is 7.96. The van der Waals surface area contributed by atoms with Gasteiger partial charge in [0.1, 0.15) is 29.7 Å². The van der Waals surface area contributed by atoms with Crippen molar-refractivity contribution in [2.75, 3.05) is 12.3 Å². The minimum atomic E-state index is -0.515. The van der Waals surface area contributed by atoms with Crippen molar-refractivity contribution in [2.45, 2.75) is 27.0 Å². The highest BCUT2D eigenvalue weighted by Gasteiger charge is 2.10. The summed E-state index contributed by atoms with van der Waals surface area (Å²) in [6.45, 7) is 3.76. The lowest BCUT2D eigenvalue weighted by Gasteiger charge is -2.07. The molecule has 3 aromatic rings. The van der Waals surface area contributed by atoms with E-state index in [0.717, 1.165) is 11.1 Å². The largest absolute Gasteiger partial charge is 0.482 e. The molecule has 0 radical (unpaired) electrons. The van der Waals surface area contributed by atoms with Gasteiger partial charge in [0, 0.05) is 16.8 Å². The second-order valence-corrected chi connectivity index (χ2v) is 6.50. The van der Waals surface area contributed by atoms with Crippen molar-refractivity contribution in [3.63, 3.8) is 0 Å². The van der Waals surface area contributed by atoms with Crippen LogP contribution in [0.2, 0.25) is 5.02 Å². The molecular weight excluding hydrogens is 384 g/mol. The number of ether oxygens (including phenoxy) is 2. The third-order valence-corrected chi connectivity index (χ3v) is 4.23. The number of hydrogen-bond acceptors (Lipinski definition) is 8. The molecule has 2 N–H and O–H groups in total. The van der Waals surface area contributed by atoms with Crippen LogP contribution in [0.25, 0.3) is 0 Å². The average molecular weight is 403 g/mol. The van der Waals surface area contributed by atoms with Crippen LogP contribution in [-0.4, -0.2) is 37.5 Å². The zero-order valence-corrected chi connectivity index (χ0v) is 16.2. The van der Waals surface area contributed by atoms with Gasteiger partial charge >= 0.3 is 5.97 Å². The van der Waals surface area contributed by atoms with E-state index < -0.39 is 5.97 Å². The number of carbonyl (C=O) groups is 1. The van der Waals surface area contributed by atoms with E-state index in [2.05, 4.69) is 20.3 Å². The molecule has 2 aromatic heterocycles. The standard InChI is InChI=1S/C18H19ClN6O3/c1-11-5-15(3-4-16(11)19)27-10-17(26)28-9-14-8-25(24-23-14)7-13-6-21-12(2)22-18(13)20/h3-6,8H,7,9-10H2,1-2H3,(H2,20,21,22). The van der Waals surface area contributed by atoms with Gasteiger partial charge in [-0.3, -0.25) is 0 Å². The van der Waals surface area contributed by atoms with Crippen LogP contribution < -0.4 is 10.5 Å². The zero-order chi connectivity index (χ0) is 20.1. The van der Waals surface area contributed by atoms with E-state index >= 15 is 0 Å². The Morgan fingerprint density at radius 3 is 2.89 bits per heavy atom. The Kier molecular flexibility index (Phi) is 6.05. The topological polar surface area (TPSA) is 118 Å². The van der Waals surface area contributed by atoms with Crippen molar-refractivity contribution in [3.8, 4) is 5.75 Å². The molecule has 0 aliphatic heterocycles. The molecule has 0 saturated carbocycles. The summed E-state index contributed by atoms with van der Waals surface area (Å²) in [6, 6.07) is 5.15. The van der Waals surface area contributed by atoms with Crippen molar-refractivity contribution < 1.29 is 14.3 Å². The number of rotatable bonds is 7. The van der Waals surface area contributed by atoms with E-state index in [1.807, 2.05) is 6.92 Å².